The van der Waals surface area contributed by atoms with E-state index in [0.717, 1.165) is 37.2 Å². The maximum absolute atomic E-state index is 12.7. The van der Waals surface area contributed by atoms with Crippen LogP contribution < -0.4 is 11.1 Å². The summed E-state index contributed by atoms with van der Waals surface area (Å²) < 4.78 is 5.81. The Balaban J connectivity index is 1.72. The van der Waals surface area contributed by atoms with E-state index in [2.05, 4.69) is 10.3 Å². The number of nitrogens with zero attached hydrogens (tertiary/aromatic N) is 2. The fourth-order valence-corrected chi connectivity index (χ4v) is 3.32. The second-order valence-corrected chi connectivity index (χ2v) is 6.17. The van der Waals surface area contributed by atoms with Gasteiger partial charge in [-0.05, 0) is 25.0 Å². The van der Waals surface area contributed by atoms with Gasteiger partial charge >= 0.3 is 0 Å². The average molecular weight is 304 g/mol. The van der Waals surface area contributed by atoms with E-state index >= 15 is 0 Å². The predicted octanol–water partition coefficient (Wildman–Crippen LogP) is 1.29. The fourth-order valence-electron chi connectivity index (χ4n) is 3.32. The number of hydrogen-bond acceptors (Lipinski definition) is 5. The molecule has 120 valence electrons. The molecule has 0 aromatic carbocycles. The number of ether oxygens (including phenoxy) is 1. The maximum Gasteiger partial charge on any atom is 0.242 e. The second kappa shape index (κ2) is 6.22. The van der Waals surface area contributed by atoms with Crippen molar-refractivity contribution in [2.24, 2.45) is 5.73 Å². The summed E-state index contributed by atoms with van der Waals surface area (Å²) >= 11 is 0. The van der Waals surface area contributed by atoms with Crippen molar-refractivity contribution in [2.45, 2.75) is 37.3 Å². The molecule has 3 N–H and O–H groups in total. The first-order valence-electron chi connectivity index (χ1n) is 7.97. The van der Waals surface area contributed by atoms with Crippen LogP contribution >= 0.6 is 0 Å². The second-order valence-electron chi connectivity index (χ2n) is 6.17. The Kier molecular flexibility index (Phi) is 4.31. The van der Waals surface area contributed by atoms with E-state index < -0.39 is 5.54 Å². The van der Waals surface area contributed by atoms with Gasteiger partial charge in [0, 0.05) is 13.6 Å². The highest BCUT2D eigenvalue weighted by Gasteiger charge is 2.41. The van der Waals surface area contributed by atoms with Crippen LogP contribution in [-0.2, 0) is 9.53 Å². The van der Waals surface area contributed by atoms with Crippen LogP contribution in [0.15, 0.2) is 18.2 Å². The van der Waals surface area contributed by atoms with Crippen LogP contribution in [0.1, 0.15) is 37.5 Å². The number of hydrogen-bond donors (Lipinski definition) is 2. The molecule has 2 aliphatic rings. The van der Waals surface area contributed by atoms with Crippen molar-refractivity contribution in [3.05, 3.63) is 23.9 Å². The zero-order chi connectivity index (χ0) is 15.6. The molecule has 1 aliphatic heterocycles. The minimum Gasteiger partial charge on any atom is -0.373 e. The number of pyridine rings is 1. The van der Waals surface area contributed by atoms with Gasteiger partial charge < -0.3 is 20.7 Å². The molecule has 1 aromatic rings. The number of aromatic nitrogens is 1. The Labute approximate surface area is 131 Å². The van der Waals surface area contributed by atoms with Gasteiger partial charge in [-0.25, -0.2) is 4.98 Å². The van der Waals surface area contributed by atoms with E-state index in [0.29, 0.717) is 19.7 Å². The van der Waals surface area contributed by atoms with Crippen LogP contribution in [-0.4, -0.2) is 48.1 Å². The maximum atomic E-state index is 12.7. The van der Waals surface area contributed by atoms with Gasteiger partial charge in [0.25, 0.3) is 0 Å². The zero-order valence-electron chi connectivity index (χ0n) is 13.0. The molecule has 0 bridgehead atoms. The minimum absolute atomic E-state index is 0.0723. The van der Waals surface area contributed by atoms with Gasteiger partial charge in [-0.2, -0.15) is 0 Å². The average Bonchev–Trinajstić information content (AvgIpc) is 3.02. The normalized spacial score (nSPS) is 24.3. The lowest BCUT2D eigenvalue weighted by atomic mass is 9.96. The number of nitrogens with two attached hydrogens (primary N) is 1. The number of rotatable bonds is 3. The molecule has 0 spiro atoms. The van der Waals surface area contributed by atoms with Crippen LogP contribution in [0.5, 0.6) is 0 Å². The SMILES string of the molecule is CNc1cccc([C@@H]2CN(C(=O)C3(N)CCCC3)CCO2)n1. The lowest BCUT2D eigenvalue weighted by Gasteiger charge is -2.37. The summed E-state index contributed by atoms with van der Waals surface area (Å²) in [5.41, 5.74) is 6.49. The number of morpholine rings is 1. The van der Waals surface area contributed by atoms with Gasteiger partial charge in [-0.15, -0.1) is 0 Å². The predicted molar refractivity (Wildman–Crippen MR) is 84.4 cm³/mol. The van der Waals surface area contributed by atoms with Gasteiger partial charge in [-0.3, -0.25) is 4.79 Å². The van der Waals surface area contributed by atoms with E-state index in [1.807, 2.05) is 30.1 Å². The molecule has 1 atom stereocenters. The molecule has 6 heteroatoms. The van der Waals surface area contributed by atoms with Gasteiger partial charge in [-0.1, -0.05) is 18.9 Å². The Morgan fingerprint density at radius 2 is 2.23 bits per heavy atom. The lowest BCUT2D eigenvalue weighted by Crippen LogP contribution is -2.56. The monoisotopic (exact) mass is 304 g/mol. The molecule has 1 saturated heterocycles. The Morgan fingerprint density at radius 3 is 2.95 bits per heavy atom. The first-order valence-corrected chi connectivity index (χ1v) is 7.97. The van der Waals surface area contributed by atoms with E-state index in [4.69, 9.17) is 10.5 Å². The Hall–Kier alpha value is -1.66. The molecule has 1 saturated carbocycles. The number of carbonyl (C=O) groups is 1. The summed E-state index contributed by atoms with van der Waals surface area (Å²) in [6.45, 7) is 1.66. The molecule has 0 radical (unpaired) electrons. The molecule has 2 heterocycles. The molecule has 2 fully saturated rings. The van der Waals surface area contributed by atoms with Crippen LogP contribution in [0.2, 0.25) is 0 Å². The van der Waals surface area contributed by atoms with Crippen molar-refractivity contribution in [1.82, 2.24) is 9.88 Å². The first kappa shape index (κ1) is 15.2. The van der Waals surface area contributed by atoms with E-state index in [-0.39, 0.29) is 12.0 Å². The lowest BCUT2D eigenvalue weighted by molar-refractivity contribution is -0.144. The molecule has 1 aliphatic carbocycles. The van der Waals surface area contributed by atoms with Gasteiger partial charge in [0.15, 0.2) is 0 Å². The summed E-state index contributed by atoms with van der Waals surface area (Å²) in [4.78, 5) is 19.1. The number of anilines is 1. The standard InChI is InChI=1S/C16H24N4O2/c1-18-14-6-4-5-12(19-14)13-11-20(9-10-22-13)15(21)16(17)7-2-3-8-16/h4-6,13H,2-3,7-11,17H2,1H3,(H,18,19)/t13-/m0/s1. The molecular weight excluding hydrogens is 280 g/mol. The van der Waals surface area contributed by atoms with Crippen molar-refractivity contribution in [2.75, 3.05) is 32.1 Å². The summed E-state index contributed by atoms with van der Waals surface area (Å²) in [7, 11) is 1.84. The highest BCUT2D eigenvalue weighted by Crippen LogP contribution is 2.31. The highest BCUT2D eigenvalue weighted by molar-refractivity contribution is 5.86. The van der Waals surface area contributed by atoms with Crippen molar-refractivity contribution in [3.8, 4) is 0 Å². The number of amides is 1. The van der Waals surface area contributed by atoms with Crippen molar-refractivity contribution >= 4 is 11.7 Å². The molecule has 1 aromatic heterocycles. The summed E-state index contributed by atoms with van der Waals surface area (Å²) in [5, 5.41) is 3.02. The third-order valence-corrected chi connectivity index (χ3v) is 4.63. The summed E-state index contributed by atoms with van der Waals surface area (Å²) in [6, 6.07) is 5.79. The molecule has 3 rings (SSSR count). The van der Waals surface area contributed by atoms with Crippen LogP contribution in [0.25, 0.3) is 0 Å². The van der Waals surface area contributed by atoms with E-state index in [1.54, 1.807) is 0 Å². The fraction of sp³-hybridized carbons (Fsp3) is 0.625. The van der Waals surface area contributed by atoms with E-state index in [1.165, 1.54) is 0 Å². The van der Waals surface area contributed by atoms with Crippen LogP contribution in [0.4, 0.5) is 5.82 Å². The number of nitrogens with one attached hydrogen (secondary N) is 1. The first-order chi connectivity index (χ1) is 10.6. The van der Waals surface area contributed by atoms with Gasteiger partial charge in [0.1, 0.15) is 11.9 Å². The van der Waals surface area contributed by atoms with Crippen molar-refractivity contribution in [3.63, 3.8) is 0 Å². The molecule has 22 heavy (non-hydrogen) atoms. The molecular formula is C16H24N4O2. The minimum atomic E-state index is -0.665. The topological polar surface area (TPSA) is 80.5 Å². The number of carbonyl (C=O) groups excluding carboxylic acids is 1. The zero-order valence-corrected chi connectivity index (χ0v) is 13.0. The van der Waals surface area contributed by atoms with E-state index in [9.17, 15) is 4.79 Å². The van der Waals surface area contributed by atoms with Gasteiger partial charge in [0.05, 0.1) is 24.4 Å². The Bertz CT molecular complexity index is 543. The quantitative estimate of drug-likeness (QED) is 0.879. The van der Waals surface area contributed by atoms with Crippen molar-refractivity contribution in [1.29, 1.82) is 0 Å². The smallest absolute Gasteiger partial charge is 0.242 e. The third-order valence-electron chi connectivity index (χ3n) is 4.63. The summed E-state index contributed by atoms with van der Waals surface area (Å²) in [5.74, 6) is 0.874. The van der Waals surface area contributed by atoms with Crippen molar-refractivity contribution < 1.29 is 9.53 Å². The largest absolute Gasteiger partial charge is 0.373 e. The molecule has 0 unspecified atom stereocenters. The van der Waals surface area contributed by atoms with Gasteiger partial charge in [0.2, 0.25) is 5.91 Å². The molecule has 6 nitrogen and oxygen atoms in total. The Morgan fingerprint density at radius 1 is 1.45 bits per heavy atom. The van der Waals surface area contributed by atoms with Crippen LogP contribution in [0, 0.1) is 0 Å². The van der Waals surface area contributed by atoms with Crippen LogP contribution in [0.3, 0.4) is 0 Å². The summed E-state index contributed by atoms with van der Waals surface area (Å²) in [6.07, 6.45) is 3.49. The molecule has 1 amide bonds. The third kappa shape index (κ3) is 2.94. The highest BCUT2D eigenvalue weighted by atomic mass is 16.5.